The van der Waals surface area contributed by atoms with E-state index in [1.807, 2.05) is 12.1 Å². The third-order valence-electron chi connectivity index (χ3n) is 14.2. The van der Waals surface area contributed by atoms with Crippen LogP contribution in [-0.2, 0) is 0 Å². The summed E-state index contributed by atoms with van der Waals surface area (Å²) >= 11 is 0. The van der Waals surface area contributed by atoms with Crippen LogP contribution in [0.15, 0.2) is 259 Å². The van der Waals surface area contributed by atoms with Gasteiger partial charge < -0.3 is 13.9 Å². The van der Waals surface area contributed by atoms with Gasteiger partial charge in [-0.2, -0.15) is 0 Å². The number of fused-ring (bicyclic) bond motifs is 12. The van der Waals surface area contributed by atoms with Crippen LogP contribution in [0.2, 0.25) is 0 Å². The van der Waals surface area contributed by atoms with Crippen LogP contribution in [0.25, 0.3) is 115 Å². The molecule has 0 amide bonds. The quantitative estimate of drug-likeness (QED) is 0.149. The SMILES string of the molecule is c1cc(-c2ccc(N(c3ccc(-c4ccc(-n5c6ccccc6c6ccccc65)cc4)cc3)c3ccc4c5ccccc5c5ccccc5c4c3)cc2)cc(-c2cccc3oc4ccccc4c23)c1. The second-order valence-electron chi connectivity index (χ2n) is 18.0. The van der Waals surface area contributed by atoms with Crippen molar-refractivity contribution in [2.24, 2.45) is 0 Å². The molecule has 0 unspecified atom stereocenters. The molecular formula is C66H42N2O. The van der Waals surface area contributed by atoms with Gasteiger partial charge in [-0.15, -0.1) is 0 Å². The molecule has 3 nitrogen and oxygen atoms in total. The number of furan rings is 1. The highest BCUT2D eigenvalue weighted by Crippen LogP contribution is 2.43. The summed E-state index contributed by atoms with van der Waals surface area (Å²) < 4.78 is 8.64. The highest BCUT2D eigenvalue weighted by Gasteiger charge is 2.18. The van der Waals surface area contributed by atoms with Gasteiger partial charge in [0.1, 0.15) is 11.2 Å². The van der Waals surface area contributed by atoms with Crippen molar-refractivity contribution in [3.63, 3.8) is 0 Å². The minimum Gasteiger partial charge on any atom is -0.456 e. The number of hydrogen-bond donors (Lipinski definition) is 0. The Morgan fingerprint density at radius 1 is 0.275 bits per heavy atom. The minimum absolute atomic E-state index is 0.903. The molecule has 14 rings (SSSR count). The highest BCUT2D eigenvalue weighted by molar-refractivity contribution is 6.26. The molecule has 0 saturated carbocycles. The average Bonchev–Trinajstić information content (AvgIpc) is 3.98. The summed E-state index contributed by atoms with van der Waals surface area (Å²) in [4.78, 5) is 2.39. The number of nitrogens with zero attached hydrogens (tertiary/aromatic N) is 2. The summed E-state index contributed by atoms with van der Waals surface area (Å²) in [6.07, 6.45) is 0. The normalized spacial score (nSPS) is 11.8. The smallest absolute Gasteiger partial charge is 0.136 e. The van der Waals surface area contributed by atoms with Gasteiger partial charge in [-0.3, -0.25) is 0 Å². The zero-order chi connectivity index (χ0) is 45.4. The summed E-state index contributed by atoms with van der Waals surface area (Å²) in [5.41, 5.74) is 15.6. The van der Waals surface area contributed by atoms with Crippen LogP contribution >= 0.6 is 0 Å². The maximum Gasteiger partial charge on any atom is 0.136 e. The zero-order valence-electron chi connectivity index (χ0n) is 37.6. The standard InChI is InChI=1S/C66H42N2O/c1-2-17-55-53(15-1)54-16-3-4-18-56(54)61-42-51(39-40-57(55)61)67(48-33-27-43(28-34-48)44-29-37-50(38-30-44)68-62-23-8-5-19-58(62)59-20-6-9-24-63(59)68)49-35-31-45(32-36-49)46-13-11-14-47(41-46)52-22-12-26-65-66(52)60-21-7-10-25-64(60)69-65/h1-42H. The number of rotatable bonds is 7. The number of anilines is 3. The van der Waals surface area contributed by atoms with Gasteiger partial charge in [0, 0.05) is 44.3 Å². The second-order valence-corrected chi connectivity index (χ2v) is 18.0. The van der Waals surface area contributed by atoms with E-state index in [9.17, 15) is 0 Å². The molecule has 0 bridgehead atoms. The number of para-hydroxylation sites is 3. The van der Waals surface area contributed by atoms with Crippen molar-refractivity contribution in [1.29, 1.82) is 0 Å². The molecule has 0 spiro atoms. The van der Waals surface area contributed by atoms with Crippen LogP contribution in [0, 0.1) is 0 Å². The lowest BCUT2D eigenvalue weighted by atomic mass is 9.94. The Morgan fingerprint density at radius 3 is 1.35 bits per heavy atom. The molecule has 0 aliphatic rings. The second kappa shape index (κ2) is 15.7. The van der Waals surface area contributed by atoms with Crippen LogP contribution in [0.4, 0.5) is 17.1 Å². The summed E-state index contributed by atoms with van der Waals surface area (Å²) in [6, 6.07) is 92.5. The lowest BCUT2D eigenvalue weighted by molar-refractivity contribution is 0.669. The van der Waals surface area contributed by atoms with Crippen molar-refractivity contribution < 1.29 is 4.42 Å². The minimum atomic E-state index is 0.903. The predicted molar refractivity (Wildman–Crippen MR) is 292 cm³/mol. The Balaban J connectivity index is 0.857. The van der Waals surface area contributed by atoms with Gasteiger partial charge in [0.15, 0.2) is 0 Å². The van der Waals surface area contributed by atoms with Crippen molar-refractivity contribution in [2.45, 2.75) is 0 Å². The molecule has 0 aliphatic carbocycles. The first-order chi connectivity index (χ1) is 34.2. The molecule has 2 aromatic heterocycles. The molecule has 0 fully saturated rings. The van der Waals surface area contributed by atoms with Gasteiger partial charge in [-0.1, -0.05) is 176 Å². The van der Waals surface area contributed by atoms with Gasteiger partial charge in [0.2, 0.25) is 0 Å². The number of benzene rings is 12. The fourth-order valence-corrected chi connectivity index (χ4v) is 11.0. The summed E-state index contributed by atoms with van der Waals surface area (Å²) in [6.45, 7) is 0. The first-order valence-corrected chi connectivity index (χ1v) is 23.7. The molecule has 14 aromatic rings. The fourth-order valence-electron chi connectivity index (χ4n) is 11.0. The summed E-state index contributed by atoms with van der Waals surface area (Å²) in [7, 11) is 0. The average molecular weight is 879 g/mol. The topological polar surface area (TPSA) is 21.3 Å². The molecule has 0 saturated heterocycles. The summed E-state index contributed by atoms with van der Waals surface area (Å²) in [5, 5.41) is 12.4. The lowest BCUT2D eigenvalue weighted by Crippen LogP contribution is -2.10. The molecule has 12 aromatic carbocycles. The van der Waals surface area contributed by atoms with Gasteiger partial charge in [-0.25, -0.2) is 0 Å². The molecular weight excluding hydrogens is 837 g/mol. The molecule has 0 N–H and O–H groups in total. The van der Waals surface area contributed by atoms with Gasteiger partial charge in [0.25, 0.3) is 0 Å². The van der Waals surface area contributed by atoms with Crippen LogP contribution in [0.5, 0.6) is 0 Å². The first-order valence-electron chi connectivity index (χ1n) is 23.7. The van der Waals surface area contributed by atoms with E-state index in [-0.39, 0.29) is 0 Å². The third-order valence-corrected chi connectivity index (χ3v) is 14.2. The van der Waals surface area contributed by atoms with Gasteiger partial charge >= 0.3 is 0 Å². The Labute approximate surface area is 399 Å². The Bertz CT molecular complexity index is 4200. The fraction of sp³-hybridized carbons (Fsp3) is 0. The van der Waals surface area contributed by atoms with E-state index in [4.69, 9.17) is 4.42 Å². The van der Waals surface area contributed by atoms with E-state index in [1.165, 1.54) is 65.3 Å². The molecule has 0 aliphatic heterocycles. The van der Waals surface area contributed by atoms with Gasteiger partial charge in [-0.05, 0) is 145 Å². The van der Waals surface area contributed by atoms with Crippen molar-refractivity contribution >= 4 is 93.1 Å². The third kappa shape index (κ3) is 6.36. The van der Waals surface area contributed by atoms with Crippen molar-refractivity contribution in [3.8, 4) is 39.1 Å². The van der Waals surface area contributed by atoms with Crippen LogP contribution in [-0.4, -0.2) is 4.57 Å². The maximum absolute atomic E-state index is 6.27. The van der Waals surface area contributed by atoms with E-state index in [0.29, 0.717) is 0 Å². The lowest BCUT2D eigenvalue weighted by Gasteiger charge is -2.27. The molecule has 2 heterocycles. The van der Waals surface area contributed by atoms with Crippen LogP contribution in [0.3, 0.4) is 0 Å². The molecule has 0 radical (unpaired) electrons. The van der Waals surface area contributed by atoms with E-state index in [0.717, 1.165) is 66.9 Å². The Morgan fingerprint density at radius 2 is 0.725 bits per heavy atom. The van der Waals surface area contributed by atoms with Crippen molar-refractivity contribution in [2.75, 3.05) is 4.90 Å². The first kappa shape index (κ1) is 39.0. The van der Waals surface area contributed by atoms with Gasteiger partial charge in [0.05, 0.1) is 11.0 Å². The molecule has 0 atom stereocenters. The molecule has 322 valence electrons. The van der Waals surface area contributed by atoms with Crippen molar-refractivity contribution in [1.82, 2.24) is 4.57 Å². The predicted octanol–water partition coefficient (Wildman–Crippen LogP) is 18.6. The Kier molecular flexibility index (Phi) is 8.90. The van der Waals surface area contributed by atoms with E-state index in [2.05, 4.69) is 252 Å². The number of aromatic nitrogens is 1. The largest absolute Gasteiger partial charge is 0.456 e. The monoisotopic (exact) mass is 878 g/mol. The number of hydrogen-bond acceptors (Lipinski definition) is 2. The van der Waals surface area contributed by atoms with E-state index >= 15 is 0 Å². The Hall–Kier alpha value is -9.18. The summed E-state index contributed by atoms with van der Waals surface area (Å²) in [5.74, 6) is 0. The van der Waals surface area contributed by atoms with E-state index in [1.54, 1.807) is 0 Å². The molecule has 3 heteroatoms. The zero-order valence-corrected chi connectivity index (χ0v) is 37.6. The van der Waals surface area contributed by atoms with Crippen LogP contribution in [0.1, 0.15) is 0 Å². The van der Waals surface area contributed by atoms with Crippen molar-refractivity contribution in [3.05, 3.63) is 255 Å². The molecule has 69 heavy (non-hydrogen) atoms. The van der Waals surface area contributed by atoms with E-state index < -0.39 is 0 Å². The highest BCUT2D eigenvalue weighted by atomic mass is 16.3. The van der Waals surface area contributed by atoms with Crippen LogP contribution < -0.4 is 4.90 Å². The maximum atomic E-state index is 6.27.